The van der Waals surface area contributed by atoms with Crippen LogP contribution in [-0.2, 0) is 6.42 Å². The van der Waals surface area contributed by atoms with Crippen LogP contribution in [0.15, 0.2) is 66.5 Å². The average molecular weight is 501 g/mol. The summed E-state index contributed by atoms with van der Waals surface area (Å²) < 4.78 is 19.0. The lowest BCUT2D eigenvalue weighted by Gasteiger charge is -2.18. The molecule has 8 heteroatoms. The average Bonchev–Trinajstić information content (AvgIpc) is 3.45. The van der Waals surface area contributed by atoms with Gasteiger partial charge in [-0.05, 0) is 67.2 Å². The maximum Gasteiger partial charge on any atom is 0.256 e. The van der Waals surface area contributed by atoms with Crippen LogP contribution in [0, 0.1) is 17.2 Å². The van der Waals surface area contributed by atoms with E-state index in [-0.39, 0.29) is 34.3 Å². The number of benzene rings is 2. The van der Waals surface area contributed by atoms with E-state index in [9.17, 15) is 14.0 Å². The number of nitrogens with two attached hydrogens (primary N) is 1. The van der Waals surface area contributed by atoms with Crippen LogP contribution in [0.5, 0.6) is 5.75 Å². The number of allylic oxidation sites excluding steroid dienone is 3. The molecule has 0 radical (unpaired) electrons. The van der Waals surface area contributed by atoms with E-state index >= 15 is 0 Å². The fourth-order valence-electron chi connectivity index (χ4n) is 5.07. The van der Waals surface area contributed by atoms with E-state index in [1.54, 1.807) is 6.08 Å². The maximum atomic E-state index is 14.1. The molecule has 2 aliphatic carbocycles. The van der Waals surface area contributed by atoms with Crippen molar-refractivity contribution in [3.8, 4) is 5.75 Å². The SMILES string of the molecule is C/C=C(\C=C(/N)NC(=O)c1ccc(OC)c(F)c1)c1[nH]c2c(c1Nc1ccccc1)C(=O)C1CC1(C)C2. The number of H-pyrrole nitrogens is 1. The van der Waals surface area contributed by atoms with Crippen molar-refractivity contribution >= 4 is 28.6 Å². The number of rotatable bonds is 7. The molecule has 190 valence electrons. The molecular weight excluding hydrogens is 471 g/mol. The first-order chi connectivity index (χ1) is 17.7. The van der Waals surface area contributed by atoms with Gasteiger partial charge >= 0.3 is 0 Å². The molecule has 1 aromatic heterocycles. The van der Waals surface area contributed by atoms with Gasteiger partial charge in [-0.3, -0.25) is 9.59 Å². The van der Waals surface area contributed by atoms with Gasteiger partial charge in [0.15, 0.2) is 17.3 Å². The number of aromatic amines is 1. The van der Waals surface area contributed by atoms with Gasteiger partial charge < -0.3 is 26.1 Å². The number of aromatic nitrogens is 1. The predicted molar refractivity (Wildman–Crippen MR) is 141 cm³/mol. The van der Waals surface area contributed by atoms with Crippen molar-refractivity contribution in [1.82, 2.24) is 10.3 Å². The Morgan fingerprint density at radius 2 is 2.00 bits per heavy atom. The summed E-state index contributed by atoms with van der Waals surface area (Å²) in [4.78, 5) is 29.5. The zero-order chi connectivity index (χ0) is 26.3. The molecule has 0 spiro atoms. The number of hydrogen-bond donors (Lipinski definition) is 4. The van der Waals surface area contributed by atoms with Crippen LogP contribution < -0.4 is 21.1 Å². The maximum absolute atomic E-state index is 14.1. The molecule has 1 fully saturated rings. The summed E-state index contributed by atoms with van der Waals surface area (Å²) in [6.45, 7) is 4.00. The fraction of sp³-hybridized carbons (Fsp3) is 0.241. The first kappa shape index (κ1) is 24.4. The predicted octanol–water partition coefficient (Wildman–Crippen LogP) is 5.30. The second-order valence-electron chi connectivity index (χ2n) is 9.82. The number of anilines is 2. The molecule has 1 heterocycles. The summed E-state index contributed by atoms with van der Waals surface area (Å²) in [5.74, 6) is -0.884. The van der Waals surface area contributed by atoms with Crippen molar-refractivity contribution < 1.29 is 18.7 Å². The van der Waals surface area contributed by atoms with Gasteiger partial charge in [0, 0.05) is 22.9 Å². The molecule has 2 atom stereocenters. The van der Waals surface area contributed by atoms with Crippen molar-refractivity contribution in [2.45, 2.75) is 26.7 Å². The number of ketones is 1. The van der Waals surface area contributed by atoms with Crippen LogP contribution >= 0.6 is 0 Å². The van der Waals surface area contributed by atoms with Crippen molar-refractivity contribution in [3.63, 3.8) is 0 Å². The van der Waals surface area contributed by atoms with Gasteiger partial charge in [0.25, 0.3) is 5.91 Å². The van der Waals surface area contributed by atoms with Gasteiger partial charge in [0.2, 0.25) is 0 Å². The summed E-state index contributed by atoms with van der Waals surface area (Å²) in [6.07, 6.45) is 5.17. The lowest BCUT2D eigenvalue weighted by Crippen LogP contribution is -2.27. The lowest BCUT2D eigenvalue weighted by molar-refractivity contribution is 0.0938. The number of halogens is 1. The monoisotopic (exact) mass is 500 g/mol. The normalized spacial score (nSPS) is 20.6. The fourth-order valence-corrected chi connectivity index (χ4v) is 5.07. The summed E-state index contributed by atoms with van der Waals surface area (Å²) in [5, 5.41) is 6.04. The summed E-state index contributed by atoms with van der Waals surface area (Å²) in [7, 11) is 1.35. The van der Waals surface area contributed by atoms with E-state index in [1.807, 2.05) is 43.3 Å². The van der Waals surface area contributed by atoms with Gasteiger partial charge in [-0.25, -0.2) is 4.39 Å². The topological polar surface area (TPSA) is 109 Å². The zero-order valence-electron chi connectivity index (χ0n) is 20.9. The van der Waals surface area contributed by atoms with Gasteiger partial charge in [0.05, 0.1) is 24.1 Å². The molecule has 37 heavy (non-hydrogen) atoms. The van der Waals surface area contributed by atoms with Crippen molar-refractivity contribution in [2.75, 3.05) is 12.4 Å². The highest BCUT2D eigenvalue weighted by molar-refractivity contribution is 6.10. The highest BCUT2D eigenvalue weighted by Crippen LogP contribution is 2.60. The third-order valence-electron chi connectivity index (χ3n) is 7.20. The van der Waals surface area contributed by atoms with E-state index in [0.717, 1.165) is 30.3 Å². The number of hydrogen-bond acceptors (Lipinski definition) is 5. The number of para-hydroxylation sites is 1. The number of amides is 1. The summed E-state index contributed by atoms with van der Waals surface area (Å²) in [5.41, 5.74) is 10.8. The molecule has 7 nitrogen and oxygen atoms in total. The third-order valence-corrected chi connectivity index (χ3v) is 7.20. The third kappa shape index (κ3) is 4.50. The van der Waals surface area contributed by atoms with Crippen LogP contribution in [0.2, 0.25) is 0 Å². The Morgan fingerprint density at radius 1 is 1.24 bits per heavy atom. The quantitative estimate of drug-likeness (QED) is 0.329. The van der Waals surface area contributed by atoms with Crippen molar-refractivity contribution in [3.05, 3.63) is 94.8 Å². The number of carbonyl (C=O) groups is 2. The number of carbonyl (C=O) groups excluding carboxylic acids is 2. The molecule has 2 aromatic carbocycles. The van der Waals surface area contributed by atoms with Crippen LogP contribution in [-0.4, -0.2) is 23.8 Å². The van der Waals surface area contributed by atoms with Gasteiger partial charge in [0.1, 0.15) is 5.82 Å². The largest absolute Gasteiger partial charge is 0.494 e. The molecule has 3 aromatic rings. The van der Waals surface area contributed by atoms with E-state index in [2.05, 4.69) is 22.5 Å². The van der Waals surface area contributed by atoms with Crippen LogP contribution in [0.25, 0.3) is 5.57 Å². The van der Waals surface area contributed by atoms with Crippen molar-refractivity contribution in [1.29, 1.82) is 0 Å². The minimum Gasteiger partial charge on any atom is -0.494 e. The molecule has 2 aliphatic rings. The molecule has 0 bridgehead atoms. The van der Waals surface area contributed by atoms with E-state index < -0.39 is 11.7 Å². The lowest BCUT2D eigenvalue weighted by atomic mass is 9.87. The Bertz CT molecular complexity index is 1460. The van der Waals surface area contributed by atoms with Gasteiger partial charge in [-0.2, -0.15) is 0 Å². The first-order valence-corrected chi connectivity index (χ1v) is 12.1. The highest BCUT2D eigenvalue weighted by Gasteiger charge is 2.58. The Morgan fingerprint density at radius 3 is 2.68 bits per heavy atom. The number of ether oxygens (including phenoxy) is 1. The molecule has 0 aliphatic heterocycles. The molecule has 1 saturated carbocycles. The number of nitrogens with one attached hydrogen (secondary N) is 3. The molecular formula is C29H29FN4O3. The second kappa shape index (κ2) is 9.28. The van der Waals surface area contributed by atoms with E-state index in [1.165, 1.54) is 19.2 Å². The minimum absolute atomic E-state index is 0.00277. The van der Waals surface area contributed by atoms with Crippen LogP contribution in [0.3, 0.4) is 0 Å². The van der Waals surface area contributed by atoms with E-state index in [4.69, 9.17) is 10.5 Å². The summed E-state index contributed by atoms with van der Waals surface area (Å²) >= 11 is 0. The summed E-state index contributed by atoms with van der Waals surface area (Å²) in [6, 6.07) is 13.6. The minimum atomic E-state index is -0.642. The molecule has 0 saturated heterocycles. The number of fused-ring (bicyclic) bond motifs is 2. The highest BCUT2D eigenvalue weighted by atomic mass is 19.1. The second-order valence-corrected chi connectivity index (χ2v) is 9.82. The molecule has 5 rings (SSSR count). The Hall–Kier alpha value is -4.33. The first-order valence-electron chi connectivity index (χ1n) is 12.1. The molecule has 5 N–H and O–H groups in total. The number of Topliss-reactive ketones (excluding diaryl/α,β-unsaturated/α-hetero) is 1. The number of methoxy groups -OCH3 is 1. The zero-order valence-corrected chi connectivity index (χ0v) is 20.9. The smallest absolute Gasteiger partial charge is 0.256 e. The molecule has 1 amide bonds. The van der Waals surface area contributed by atoms with Gasteiger partial charge in [-0.15, -0.1) is 0 Å². The molecule has 2 unspecified atom stereocenters. The van der Waals surface area contributed by atoms with Gasteiger partial charge in [-0.1, -0.05) is 31.2 Å². The Labute approximate surface area is 214 Å². The standard InChI is InChI=1S/C29H29FN4O3/c1-4-16(13-23(31)34-28(36)17-10-11-22(37-3)20(30)12-17)25-26(32-18-8-6-5-7-9-18)24-21(33-25)15-29(2)14-19(29)27(24)35/h4-13,19,32-33H,14-15,31H2,1-3H3,(H,34,36)/b16-4+,23-13+. The van der Waals surface area contributed by atoms with Crippen LogP contribution in [0.4, 0.5) is 15.8 Å². The Balaban J connectivity index is 1.47. The van der Waals surface area contributed by atoms with Crippen molar-refractivity contribution in [2.24, 2.45) is 17.1 Å². The van der Waals surface area contributed by atoms with Crippen LogP contribution in [0.1, 0.15) is 52.4 Å². The van der Waals surface area contributed by atoms with E-state index in [0.29, 0.717) is 22.5 Å². The Kier molecular flexibility index (Phi) is 6.11.